The first-order valence-electron chi connectivity index (χ1n) is 3.69. The number of hydrogen-bond donors (Lipinski definition) is 2. The summed E-state index contributed by atoms with van der Waals surface area (Å²) in [5.41, 5.74) is 0. The molecule has 0 aliphatic carbocycles. The summed E-state index contributed by atoms with van der Waals surface area (Å²) in [5, 5.41) is -2.32. The van der Waals surface area contributed by atoms with E-state index in [1.807, 2.05) is 0 Å². The summed E-state index contributed by atoms with van der Waals surface area (Å²) in [6.45, 7) is 0. The molecule has 1 fully saturated rings. The third-order valence-corrected chi connectivity index (χ3v) is 3.76. The molecule has 1 aliphatic heterocycles. The quantitative estimate of drug-likeness (QED) is 0.332. The van der Waals surface area contributed by atoms with E-state index in [0.717, 1.165) is 0 Å². The third-order valence-electron chi connectivity index (χ3n) is 1.81. The number of carbonyl (C=O) groups excluding carboxylic acids is 2. The molecule has 0 aromatic rings. The Balaban J connectivity index is 3.15. The van der Waals surface area contributed by atoms with Crippen molar-refractivity contribution in [3.63, 3.8) is 0 Å². The van der Waals surface area contributed by atoms with Gasteiger partial charge in [-0.3, -0.25) is 18.7 Å². The van der Waals surface area contributed by atoms with Crippen molar-refractivity contribution in [3.05, 3.63) is 0 Å². The van der Waals surface area contributed by atoms with Gasteiger partial charge in [0.15, 0.2) is 5.25 Å². The standard InChI is InChI=1S/C5H6O9S2/c6-4-2(1-15(8,9)10)3(5(7)14-4)16(11,12)13/h2-3H,1H2,(H,8,9,10)(H,11,12,13). The van der Waals surface area contributed by atoms with Gasteiger partial charge in [-0.1, -0.05) is 0 Å². The first-order chi connectivity index (χ1) is 7.02. The van der Waals surface area contributed by atoms with Gasteiger partial charge in [-0.2, -0.15) is 16.8 Å². The van der Waals surface area contributed by atoms with Gasteiger partial charge in [0, 0.05) is 0 Å². The average Bonchev–Trinajstić information content (AvgIpc) is 2.21. The van der Waals surface area contributed by atoms with Crippen LogP contribution in [0.5, 0.6) is 0 Å². The monoisotopic (exact) mass is 274 g/mol. The van der Waals surface area contributed by atoms with Crippen LogP contribution in [-0.2, 0) is 34.6 Å². The van der Waals surface area contributed by atoms with Crippen LogP contribution in [-0.4, -0.2) is 48.9 Å². The topological polar surface area (TPSA) is 152 Å². The Morgan fingerprint density at radius 3 is 1.94 bits per heavy atom. The molecule has 1 aliphatic rings. The molecule has 0 spiro atoms. The normalized spacial score (nSPS) is 26.9. The Morgan fingerprint density at radius 1 is 1.06 bits per heavy atom. The second-order valence-electron chi connectivity index (χ2n) is 3.03. The van der Waals surface area contributed by atoms with Crippen LogP contribution in [0.3, 0.4) is 0 Å². The zero-order valence-corrected chi connectivity index (χ0v) is 9.06. The van der Waals surface area contributed by atoms with E-state index in [1.165, 1.54) is 0 Å². The van der Waals surface area contributed by atoms with Crippen LogP contribution in [0, 0.1) is 5.92 Å². The first kappa shape index (κ1) is 13.0. The lowest BCUT2D eigenvalue weighted by atomic mass is 10.1. The number of ether oxygens (including phenoxy) is 1. The van der Waals surface area contributed by atoms with Gasteiger partial charge >= 0.3 is 11.9 Å². The molecule has 0 saturated carbocycles. The molecule has 0 radical (unpaired) electrons. The van der Waals surface area contributed by atoms with Crippen molar-refractivity contribution in [3.8, 4) is 0 Å². The summed E-state index contributed by atoms with van der Waals surface area (Å²) in [6, 6.07) is 0. The van der Waals surface area contributed by atoms with Crippen molar-refractivity contribution in [1.82, 2.24) is 0 Å². The lowest BCUT2D eigenvalue weighted by Gasteiger charge is -2.08. The van der Waals surface area contributed by atoms with Crippen molar-refractivity contribution in [2.75, 3.05) is 5.75 Å². The van der Waals surface area contributed by atoms with E-state index in [0.29, 0.717) is 0 Å². The van der Waals surface area contributed by atoms with Gasteiger partial charge in [0.25, 0.3) is 20.2 Å². The van der Waals surface area contributed by atoms with Crippen LogP contribution >= 0.6 is 0 Å². The van der Waals surface area contributed by atoms with Crippen molar-refractivity contribution in [2.45, 2.75) is 5.25 Å². The maximum Gasteiger partial charge on any atom is 0.335 e. The largest absolute Gasteiger partial charge is 0.392 e. The van der Waals surface area contributed by atoms with Crippen molar-refractivity contribution in [2.24, 2.45) is 5.92 Å². The lowest BCUT2D eigenvalue weighted by molar-refractivity contribution is -0.152. The summed E-state index contributed by atoms with van der Waals surface area (Å²) < 4.78 is 63.3. The minimum atomic E-state index is -4.98. The summed E-state index contributed by atoms with van der Waals surface area (Å²) >= 11 is 0. The molecule has 0 amide bonds. The molecular formula is C5H6O9S2. The fourth-order valence-electron chi connectivity index (χ4n) is 1.23. The zero-order valence-electron chi connectivity index (χ0n) is 7.43. The summed E-state index contributed by atoms with van der Waals surface area (Å²) in [4.78, 5) is 21.8. The summed E-state index contributed by atoms with van der Waals surface area (Å²) in [5.74, 6) is -6.27. The third kappa shape index (κ3) is 2.75. The Labute approximate surface area is 89.9 Å². The minimum Gasteiger partial charge on any atom is -0.392 e. The molecular weight excluding hydrogens is 268 g/mol. The molecule has 1 rings (SSSR count). The average molecular weight is 274 g/mol. The molecule has 2 atom stereocenters. The van der Waals surface area contributed by atoms with E-state index < -0.39 is 49.1 Å². The maximum absolute atomic E-state index is 10.9. The molecule has 1 saturated heterocycles. The van der Waals surface area contributed by atoms with E-state index >= 15 is 0 Å². The molecule has 92 valence electrons. The second-order valence-corrected chi connectivity index (χ2v) is 6.07. The van der Waals surface area contributed by atoms with Crippen molar-refractivity contribution in [1.29, 1.82) is 0 Å². The Bertz CT molecular complexity index is 526. The van der Waals surface area contributed by atoms with E-state index in [1.54, 1.807) is 0 Å². The molecule has 0 bridgehead atoms. The highest BCUT2D eigenvalue weighted by molar-refractivity contribution is 7.87. The second kappa shape index (κ2) is 3.76. The van der Waals surface area contributed by atoms with E-state index in [4.69, 9.17) is 9.11 Å². The van der Waals surface area contributed by atoms with Crippen LogP contribution in [0.2, 0.25) is 0 Å². The van der Waals surface area contributed by atoms with Crippen molar-refractivity contribution < 1.29 is 40.3 Å². The molecule has 2 unspecified atom stereocenters. The number of hydrogen-bond acceptors (Lipinski definition) is 7. The minimum absolute atomic E-state index is 1.32. The summed E-state index contributed by atoms with van der Waals surface area (Å²) in [7, 11) is -9.66. The van der Waals surface area contributed by atoms with Gasteiger partial charge < -0.3 is 4.74 Å². The SMILES string of the molecule is O=C1OC(=O)C(S(=O)(=O)O)C1CS(=O)(=O)O. The Kier molecular flexibility index (Phi) is 3.06. The number of rotatable bonds is 3. The van der Waals surface area contributed by atoms with Gasteiger partial charge in [0.05, 0.1) is 5.75 Å². The van der Waals surface area contributed by atoms with Crippen LogP contribution in [0.15, 0.2) is 0 Å². The smallest absolute Gasteiger partial charge is 0.335 e. The fraction of sp³-hybridized carbons (Fsp3) is 0.600. The van der Waals surface area contributed by atoms with Crippen LogP contribution in [0.4, 0.5) is 0 Å². The fourth-order valence-corrected chi connectivity index (χ4v) is 3.05. The van der Waals surface area contributed by atoms with Gasteiger partial charge in [-0.15, -0.1) is 0 Å². The van der Waals surface area contributed by atoms with E-state index in [-0.39, 0.29) is 0 Å². The van der Waals surface area contributed by atoms with Gasteiger partial charge in [-0.25, -0.2) is 0 Å². The number of esters is 2. The Morgan fingerprint density at radius 2 is 1.56 bits per heavy atom. The number of cyclic esters (lactones) is 2. The lowest BCUT2D eigenvalue weighted by Crippen LogP contribution is -2.36. The predicted octanol–water partition coefficient (Wildman–Crippen LogP) is -2.17. The van der Waals surface area contributed by atoms with Crippen LogP contribution in [0.1, 0.15) is 0 Å². The molecule has 16 heavy (non-hydrogen) atoms. The maximum atomic E-state index is 10.9. The predicted molar refractivity (Wildman–Crippen MR) is 46.3 cm³/mol. The number of carbonyl (C=O) groups is 2. The molecule has 9 nitrogen and oxygen atoms in total. The summed E-state index contributed by atoms with van der Waals surface area (Å²) in [6.07, 6.45) is 0. The molecule has 0 aromatic heterocycles. The van der Waals surface area contributed by atoms with Gasteiger partial charge in [0.2, 0.25) is 0 Å². The molecule has 2 N–H and O–H groups in total. The van der Waals surface area contributed by atoms with Crippen molar-refractivity contribution >= 4 is 32.2 Å². The zero-order chi connectivity index (χ0) is 12.7. The highest BCUT2D eigenvalue weighted by atomic mass is 32.2. The van der Waals surface area contributed by atoms with E-state index in [9.17, 15) is 26.4 Å². The first-order valence-corrected chi connectivity index (χ1v) is 6.80. The molecule has 1 heterocycles. The van der Waals surface area contributed by atoms with Gasteiger partial charge in [-0.05, 0) is 0 Å². The highest BCUT2D eigenvalue weighted by Crippen LogP contribution is 2.24. The molecule has 11 heteroatoms. The van der Waals surface area contributed by atoms with Crippen LogP contribution < -0.4 is 0 Å². The Hall–Kier alpha value is -1.04. The van der Waals surface area contributed by atoms with E-state index in [2.05, 4.69) is 4.74 Å². The van der Waals surface area contributed by atoms with Gasteiger partial charge in [0.1, 0.15) is 5.92 Å². The molecule has 0 aromatic carbocycles. The highest BCUT2D eigenvalue weighted by Gasteiger charge is 2.53. The van der Waals surface area contributed by atoms with Crippen LogP contribution in [0.25, 0.3) is 0 Å².